The van der Waals surface area contributed by atoms with Crippen LogP contribution in [0.4, 0.5) is 13.2 Å². The molecule has 8 heteroatoms. The Bertz CT molecular complexity index is 552. The van der Waals surface area contributed by atoms with E-state index in [2.05, 4.69) is 4.74 Å². The molecule has 1 N–H and O–H groups in total. The third kappa shape index (κ3) is 3.88. The highest BCUT2D eigenvalue weighted by Gasteiger charge is 2.33. The van der Waals surface area contributed by atoms with Crippen molar-refractivity contribution < 1.29 is 27.8 Å². The van der Waals surface area contributed by atoms with Crippen molar-refractivity contribution in [2.24, 2.45) is 0 Å². The van der Waals surface area contributed by atoms with Crippen LogP contribution in [0.5, 0.6) is 0 Å². The SMILES string of the molecule is CCOC(=O)c1c(SC(F)(F)F)ccc(CO)c1C#N. The molecule has 0 bridgehead atoms. The number of carbonyl (C=O) groups is 1. The number of esters is 1. The Balaban J connectivity index is 3.45. The highest BCUT2D eigenvalue weighted by molar-refractivity contribution is 8.00. The van der Waals surface area contributed by atoms with Crippen molar-refractivity contribution in [2.75, 3.05) is 6.61 Å². The Labute approximate surface area is 117 Å². The second kappa shape index (κ2) is 6.63. The van der Waals surface area contributed by atoms with E-state index in [-0.39, 0.29) is 17.7 Å². The van der Waals surface area contributed by atoms with Crippen LogP contribution in [0.15, 0.2) is 17.0 Å². The van der Waals surface area contributed by atoms with E-state index in [4.69, 9.17) is 10.4 Å². The summed E-state index contributed by atoms with van der Waals surface area (Å²) in [6, 6.07) is 3.85. The zero-order valence-electron chi connectivity index (χ0n) is 10.3. The van der Waals surface area contributed by atoms with Crippen LogP contribution in [0.2, 0.25) is 0 Å². The summed E-state index contributed by atoms with van der Waals surface area (Å²) in [5.74, 6) is -1.02. The predicted molar refractivity (Wildman–Crippen MR) is 64.9 cm³/mol. The van der Waals surface area contributed by atoms with E-state index < -0.39 is 40.3 Å². The molecule has 0 unspecified atom stereocenters. The summed E-state index contributed by atoms with van der Waals surface area (Å²) >= 11 is -0.503. The highest BCUT2D eigenvalue weighted by atomic mass is 32.2. The molecule has 0 amide bonds. The summed E-state index contributed by atoms with van der Waals surface area (Å²) in [4.78, 5) is 11.3. The fraction of sp³-hybridized carbons (Fsp3) is 0.333. The zero-order valence-corrected chi connectivity index (χ0v) is 11.1. The quantitative estimate of drug-likeness (QED) is 0.684. The number of hydrogen-bond acceptors (Lipinski definition) is 5. The van der Waals surface area contributed by atoms with Crippen molar-refractivity contribution in [3.05, 3.63) is 28.8 Å². The van der Waals surface area contributed by atoms with Crippen molar-refractivity contribution in [1.82, 2.24) is 0 Å². The van der Waals surface area contributed by atoms with Crippen molar-refractivity contribution in [1.29, 1.82) is 5.26 Å². The lowest BCUT2D eigenvalue weighted by atomic mass is 10.0. The van der Waals surface area contributed by atoms with Crippen LogP contribution < -0.4 is 0 Å². The molecule has 0 saturated heterocycles. The van der Waals surface area contributed by atoms with Crippen LogP contribution >= 0.6 is 11.8 Å². The van der Waals surface area contributed by atoms with Gasteiger partial charge in [0.05, 0.1) is 24.3 Å². The van der Waals surface area contributed by atoms with Crippen LogP contribution in [0.3, 0.4) is 0 Å². The molecule has 0 spiro atoms. The lowest BCUT2D eigenvalue weighted by molar-refractivity contribution is -0.0328. The second-order valence-corrected chi connectivity index (χ2v) is 4.62. The van der Waals surface area contributed by atoms with Gasteiger partial charge in [0.2, 0.25) is 0 Å². The molecular weight excluding hydrogens is 295 g/mol. The first kappa shape index (κ1) is 16.3. The van der Waals surface area contributed by atoms with Gasteiger partial charge >= 0.3 is 11.5 Å². The molecule has 0 aliphatic rings. The minimum atomic E-state index is -4.60. The lowest BCUT2D eigenvalue weighted by Gasteiger charge is -2.13. The molecule has 1 aromatic carbocycles. The number of halogens is 3. The summed E-state index contributed by atoms with van der Waals surface area (Å²) in [6.07, 6.45) is 0. The molecule has 0 radical (unpaired) electrons. The van der Waals surface area contributed by atoms with Gasteiger partial charge in [-0.1, -0.05) is 6.07 Å². The number of thioether (sulfide) groups is 1. The van der Waals surface area contributed by atoms with Gasteiger partial charge < -0.3 is 9.84 Å². The maximum atomic E-state index is 12.5. The molecule has 0 aliphatic carbocycles. The Morgan fingerprint density at radius 3 is 2.60 bits per heavy atom. The smallest absolute Gasteiger partial charge is 0.446 e. The molecule has 1 rings (SSSR count). The number of nitriles is 1. The number of nitrogens with zero attached hydrogens (tertiary/aromatic N) is 1. The molecule has 0 heterocycles. The van der Waals surface area contributed by atoms with Gasteiger partial charge in [0.15, 0.2) is 0 Å². The Hall–Kier alpha value is -1.72. The first-order valence-corrected chi connectivity index (χ1v) is 6.25. The second-order valence-electron chi connectivity index (χ2n) is 3.51. The van der Waals surface area contributed by atoms with Crippen LogP contribution in [-0.2, 0) is 11.3 Å². The molecular formula is C12H10F3NO3S. The average Bonchev–Trinajstić information content (AvgIpc) is 2.36. The maximum absolute atomic E-state index is 12.5. The molecule has 0 aromatic heterocycles. The monoisotopic (exact) mass is 305 g/mol. The number of benzene rings is 1. The fourth-order valence-corrected chi connectivity index (χ4v) is 2.17. The van der Waals surface area contributed by atoms with E-state index in [1.54, 1.807) is 6.07 Å². The van der Waals surface area contributed by atoms with Gasteiger partial charge in [-0.15, -0.1) is 0 Å². The minimum Gasteiger partial charge on any atom is -0.462 e. The standard InChI is InChI=1S/C12H10F3NO3S/c1-2-19-11(18)10-8(5-16)7(6-17)3-4-9(10)20-12(13,14)15/h3-4,17H,2,6H2,1H3. The predicted octanol–water partition coefficient (Wildman–Crippen LogP) is 2.84. The van der Waals surface area contributed by atoms with Crippen molar-refractivity contribution in [2.45, 2.75) is 23.9 Å². The molecule has 0 fully saturated rings. The van der Waals surface area contributed by atoms with Gasteiger partial charge in [0.1, 0.15) is 6.07 Å². The normalized spacial score (nSPS) is 11.0. The number of hydrogen-bond donors (Lipinski definition) is 1. The summed E-state index contributed by atoms with van der Waals surface area (Å²) in [7, 11) is 0. The molecule has 20 heavy (non-hydrogen) atoms. The third-order valence-electron chi connectivity index (χ3n) is 2.24. The Morgan fingerprint density at radius 2 is 2.15 bits per heavy atom. The van der Waals surface area contributed by atoms with Crippen LogP contribution in [0.1, 0.15) is 28.4 Å². The van der Waals surface area contributed by atoms with Crippen molar-refractivity contribution in [3.63, 3.8) is 0 Å². The van der Waals surface area contributed by atoms with E-state index in [1.165, 1.54) is 13.0 Å². The Kier molecular flexibility index (Phi) is 5.42. The van der Waals surface area contributed by atoms with Crippen LogP contribution in [-0.4, -0.2) is 23.2 Å². The number of rotatable bonds is 4. The summed E-state index contributed by atoms with van der Waals surface area (Å²) in [5, 5.41) is 18.1. The lowest BCUT2D eigenvalue weighted by Crippen LogP contribution is -2.12. The molecule has 1 aromatic rings. The van der Waals surface area contributed by atoms with Gasteiger partial charge in [-0.25, -0.2) is 4.79 Å². The summed E-state index contributed by atoms with van der Waals surface area (Å²) in [5.41, 5.74) is -5.31. The third-order valence-corrected chi connectivity index (χ3v) is 3.03. The molecule has 0 saturated carbocycles. The topological polar surface area (TPSA) is 70.3 Å². The van der Waals surface area contributed by atoms with E-state index in [0.717, 1.165) is 6.07 Å². The van der Waals surface area contributed by atoms with E-state index in [0.29, 0.717) is 0 Å². The fourth-order valence-electron chi connectivity index (χ4n) is 1.50. The summed E-state index contributed by atoms with van der Waals surface area (Å²) < 4.78 is 42.1. The maximum Gasteiger partial charge on any atom is 0.446 e. The van der Waals surface area contributed by atoms with Gasteiger partial charge in [0, 0.05) is 4.90 Å². The molecule has 0 atom stereocenters. The van der Waals surface area contributed by atoms with Crippen LogP contribution in [0, 0.1) is 11.3 Å². The van der Waals surface area contributed by atoms with Crippen LogP contribution in [0.25, 0.3) is 0 Å². The Morgan fingerprint density at radius 1 is 1.50 bits per heavy atom. The van der Waals surface area contributed by atoms with Gasteiger partial charge in [-0.3, -0.25) is 0 Å². The van der Waals surface area contributed by atoms with Gasteiger partial charge in [-0.05, 0) is 30.3 Å². The van der Waals surface area contributed by atoms with E-state index in [1.807, 2.05) is 0 Å². The average molecular weight is 305 g/mol. The van der Waals surface area contributed by atoms with Crippen molar-refractivity contribution >= 4 is 17.7 Å². The molecule has 0 aliphatic heterocycles. The van der Waals surface area contributed by atoms with Crippen molar-refractivity contribution in [3.8, 4) is 6.07 Å². The molecule has 108 valence electrons. The highest BCUT2D eigenvalue weighted by Crippen LogP contribution is 2.40. The van der Waals surface area contributed by atoms with E-state index in [9.17, 15) is 18.0 Å². The first-order chi connectivity index (χ1) is 9.34. The molecule has 4 nitrogen and oxygen atoms in total. The van der Waals surface area contributed by atoms with Gasteiger partial charge in [0.25, 0.3) is 0 Å². The number of alkyl halides is 3. The number of carbonyl (C=O) groups excluding carboxylic acids is 1. The summed E-state index contributed by atoms with van der Waals surface area (Å²) in [6.45, 7) is 0.895. The number of aliphatic hydroxyl groups is 1. The largest absolute Gasteiger partial charge is 0.462 e. The first-order valence-electron chi connectivity index (χ1n) is 5.43. The zero-order chi connectivity index (χ0) is 15.3. The minimum absolute atomic E-state index is 0.0385. The van der Waals surface area contributed by atoms with Gasteiger partial charge in [-0.2, -0.15) is 18.4 Å². The number of aliphatic hydroxyl groups excluding tert-OH is 1. The number of ether oxygens (including phenoxy) is 1. The van der Waals surface area contributed by atoms with E-state index >= 15 is 0 Å².